The summed E-state index contributed by atoms with van der Waals surface area (Å²) in [6.45, 7) is 4.63. The first kappa shape index (κ1) is 35.1. The molecule has 0 aliphatic heterocycles. The molecule has 17 heteroatoms. The van der Waals surface area contributed by atoms with Crippen molar-refractivity contribution in [1.82, 2.24) is 0 Å². The molecule has 46 heavy (non-hydrogen) atoms. The van der Waals surface area contributed by atoms with E-state index in [9.17, 15) is 40.7 Å². The molecular weight excluding hydrogens is 694 g/mol. The molecule has 0 unspecified atom stereocenters. The number of nitrogens with one attached hydrogen (secondary N) is 3. The van der Waals surface area contributed by atoms with Gasteiger partial charge in [-0.05, 0) is 62.7 Å². The van der Waals surface area contributed by atoms with Gasteiger partial charge in [-0.25, -0.2) is 22.4 Å². The fourth-order valence-electron chi connectivity index (χ4n) is 4.43. The molecular formula is C29H21Cl3F7N3O4. The average Bonchev–Trinajstić information content (AvgIpc) is 3.50. The summed E-state index contributed by atoms with van der Waals surface area (Å²) in [5, 5.41) is 5.38. The van der Waals surface area contributed by atoms with Crippen LogP contribution in [-0.4, -0.2) is 27.8 Å². The molecule has 0 spiro atoms. The number of amides is 3. The first-order valence-electron chi connectivity index (χ1n) is 13.0. The van der Waals surface area contributed by atoms with Crippen molar-refractivity contribution in [3.8, 4) is 0 Å². The maximum atomic E-state index is 15.1. The van der Waals surface area contributed by atoms with E-state index in [0.717, 1.165) is 24.3 Å². The highest BCUT2D eigenvalue weighted by atomic mass is 35.5. The smallest absolute Gasteiger partial charge is 0.419 e. The molecule has 1 aliphatic rings. The zero-order valence-electron chi connectivity index (χ0n) is 23.6. The van der Waals surface area contributed by atoms with Crippen LogP contribution >= 0.6 is 34.8 Å². The van der Waals surface area contributed by atoms with Gasteiger partial charge < -0.3 is 15.4 Å². The van der Waals surface area contributed by atoms with Crippen molar-refractivity contribution in [1.29, 1.82) is 0 Å². The number of rotatable bonds is 6. The van der Waals surface area contributed by atoms with E-state index in [-0.39, 0.29) is 5.56 Å². The molecule has 246 valence electrons. The Hall–Kier alpha value is -3.75. The Morgan fingerprint density at radius 2 is 1.48 bits per heavy atom. The Kier molecular flexibility index (Phi) is 9.51. The molecule has 3 aromatic carbocycles. The summed E-state index contributed by atoms with van der Waals surface area (Å²) in [6, 6.07) is 5.10. The lowest BCUT2D eigenvalue weighted by molar-refractivity contribution is -0.140. The summed E-state index contributed by atoms with van der Waals surface area (Å²) in [4.78, 5) is 38.0. The largest absolute Gasteiger partial charge is 0.444 e. The van der Waals surface area contributed by atoms with Gasteiger partial charge in [0.15, 0.2) is 5.82 Å². The predicted octanol–water partition coefficient (Wildman–Crippen LogP) is 9.04. The summed E-state index contributed by atoms with van der Waals surface area (Å²) >= 11 is 18.3. The summed E-state index contributed by atoms with van der Waals surface area (Å²) in [5.74, 6) is -10.5. The maximum absolute atomic E-state index is 15.1. The second-order valence-corrected chi connectivity index (χ2v) is 12.9. The fourth-order valence-corrected chi connectivity index (χ4v) is 5.45. The SMILES string of the molecule is CC(C)(C)OC(=O)Nc1ccc(F)c(NC(=O)c2cc(NC(=O)[C@H]3[C@H](c4ccc(F)c(C(F)(F)F)c4)C3(Cl)Cl)cc(F)c2Cl)c1F. The van der Waals surface area contributed by atoms with Crippen molar-refractivity contribution < 1.29 is 49.9 Å². The van der Waals surface area contributed by atoms with E-state index in [2.05, 4.69) is 10.6 Å². The van der Waals surface area contributed by atoms with Crippen LogP contribution in [0.1, 0.15) is 48.2 Å². The van der Waals surface area contributed by atoms with Gasteiger partial charge in [-0.2, -0.15) is 13.2 Å². The van der Waals surface area contributed by atoms with Crippen molar-refractivity contribution >= 4 is 69.8 Å². The topological polar surface area (TPSA) is 96.5 Å². The highest BCUT2D eigenvalue weighted by molar-refractivity contribution is 6.53. The van der Waals surface area contributed by atoms with Crippen LogP contribution < -0.4 is 16.0 Å². The standard InChI is InChI=1S/C29H21Cl3F7N3O4/c1-27(2,3)46-26(45)41-18-7-6-16(34)23(22(18)36)42-24(43)13-9-12(10-17(35)21(13)30)40-25(44)20-19(28(20,31)32)11-4-5-15(33)14(8-11)29(37,38)39/h4-10,19-20H,1-3H3,(H,40,44)(H,41,45)(H,42,43)/t19-,20+/m0/s1. The lowest BCUT2D eigenvalue weighted by atomic mass is 10.0. The van der Waals surface area contributed by atoms with Crippen LogP contribution in [0, 0.1) is 29.2 Å². The molecule has 4 rings (SSSR count). The molecule has 0 radical (unpaired) electrons. The Morgan fingerprint density at radius 1 is 0.848 bits per heavy atom. The zero-order valence-corrected chi connectivity index (χ0v) is 25.9. The van der Waals surface area contributed by atoms with E-state index in [0.29, 0.717) is 18.2 Å². The minimum absolute atomic E-state index is 0.200. The minimum atomic E-state index is -5.05. The summed E-state index contributed by atoms with van der Waals surface area (Å²) < 4.78 is 101. The first-order valence-corrected chi connectivity index (χ1v) is 14.1. The van der Waals surface area contributed by atoms with E-state index >= 15 is 4.39 Å². The second-order valence-electron chi connectivity index (χ2n) is 11.0. The summed E-state index contributed by atoms with van der Waals surface area (Å²) in [6.07, 6.45) is -6.13. The van der Waals surface area contributed by atoms with Crippen LogP contribution in [0.4, 0.5) is 52.6 Å². The Morgan fingerprint density at radius 3 is 2.09 bits per heavy atom. The van der Waals surface area contributed by atoms with Crippen molar-refractivity contribution in [2.75, 3.05) is 16.0 Å². The number of ether oxygens (including phenoxy) is 1. The lowest BCUT2D eigenvalue weighted by Crippen LogP contribution is -2.27. The zero-order chi connectivity index (χ0) is 34.5. The summed E-state index contributed by atoms with van der Waals surface area (Å²) in [5.41, 5.74) is -5.49. The minimum Gasteiger partial charge on any atom is -0.444 e. The number of alkyl halides is 5. The Labute approximate surface area is 271 Å². The molecule has 2 atom stereocenters. The Bertz CT molecular complexity index is 1750. The number of carbonyl (C=O) groups is 3. The summed E-state index contributed by atoms with van der Waals surface area (Å²) in [7, 11) is 0. The molecule has 1 aliphatic carbocycles. The monoisotopic (exact) mass is 713 g/mol. The van der Waals surface area contributed by atoms with E-state index in [1.807, 2.05) is 5.32 Å². The van der Waals surface area contributed by atoms with Crippen molar-refractivity contribution in [3.63, 3.8) is 0 Å². The molecule has 3 aromatic rings. The van der Waals surface area contributed by atoms with Gasteiger partial charge in [0.1, 0.15) is 33.1 Å². The molecule has 0 bridgehead atoms. The van der Waals surface area contributed by atoms with Crippen molar-refractivity contribution in [3.05, 3.63) is 87.4 Å². The van der Waals surface area contributed by atoms with Crippen LogP contribution in [0.5, 0.6) is 0 Å². The number of anilines is 3. The van der Waals surface area contributed by atoms with E-state index in [1.54, 1.807) is 20.8 Å². The molecule has 0 aromatic heterocycles. The molecule has 7 nitrogen and oxygen atoms in total. The second kappa shape index (κ2) is 12.5. The normalized spacial score (nSPS) is 17.2. The van der Waals surface area contributed by atoms with Crippen LogP contribution in [0.15, 0.2) is 42.5 Å². The van der Waals surface area contributed by atoms with Crippen molar-refractivity contribution in [2.24, 2.45) is 5.92 Å². The third-order valence-corrected chi connectivity index (χ3v) is 7.82. The molecule has 3 N–H and O–H groups in total. The molecule has 0 heterocycles. The predicted molar refractivity (Wildman–Crippen MR) is 156 cm³/mol. The Balaban J connectivity index is 1.56. The van der Waals surface area contributed by atoms with Gasteiger partial charge in [0.05, 0.1) is 27.8 Å². The van der Waals surface area contributed by atoms with E-state index < -0.39 is 102 Å². The molecule has 0 saturated heterocycles. The molecule has 3 amide bonds. The number of halogens is 10. The third-order valence-electron chi connectivity index (χ3n) is 6.50. The third kappa shape index (κ3) is 7.45. The number of hydrogen-bond acceptors (Lipinski definition) is 4. The lowest BCUT2D eigenvalue weighted by Gasteiger charge is -2.20. The van der Waals surface area contributed by atoms with Gasteiger partial charge in [-0.3, -0.25) is 14.9 Å². The van der Waals surface area contributed by atoms with Crippen molar-refractivity contribution in [2.45, 2.75) is 42.8 Å². The van der Waals surface area contributed by atoms with Crippen LogP contribution in [0.3, 0.4) is 0 Å². The van der Waals surface area contributed by atoms with E-state index in [1.165, 1.54) is 0 Å². The molecule has 1 saturated carbocycles. The van der Waals surface area contributed by atoms with Crippen LogP contribution in [0.25, 0.3) is 0 Å². The average molecular weight is 715 g/mol. The van der Waals surface area contributed by atoms with Gasteiger partial charge in [-0.1, -0.05) is 17.7 Å². The number of carbonyl (C=O) groups excluding carboxylic acids is 3. The van der Waals surface area contributed by atoms with Gasteiger partial charge >= 0.3 is 12.3 Å². The van der Waals surface area contributed by atoms with Crippen LogP contribution in [-0.2, 0) is 15.7 Å². The van der Waals surface area contributed by atoms with E-state index in [4.69, 9.17) is 39.5 Å². The van der Waals surface area contributed by atoms with Gasteiger partial charge in [0.25, 0.3) is 5.91 Å². The quantitative estimate of drug-likeness (QED) is 0.175. The fraction of sp³-hybridized carbons (Fsp3) is 0.276. The van der Waals surface area contributed by atoms with Crippen LogP contribution in [0.2, 0.25) is 5.02 Å². The number of benzene rings is 3. The molecule has 1 fully saturated rings. The highest BCUT2D eigenvalue weighted by Crippen LogP contribution is 2.65. The first-order chi connectivity index (χ1) is 21.1. The number of hydrogen-bond donors (Lipinski definition) is 3. The van der Waals surface area contributed by atoms with Gasteiger partial charge in [0, 0.05) is 11.6 Å². The van der Waals surface area contributed by atoms with Gasteiger partial charge in [-0.15, -0.1) is 23.2 Å². The maximum Gasteiger partial charge on any atom is 0.419 e. The van der Waals surface area contributed by atoms with Gasteiger partial charge in [0.2, 0.25) is 5.91 Å². The highest BCUT2D eigenvalue weighted by Gasteiger charge is 2.67.